The van der Waals surface area contributed by atoms with E-state index in [0.29, 0.717) is 11.6 Å². The normalized spacial score (nSPS) is 38.7. The number of thioether (sulfide) groups is 1. The summed E-state index contributed by atoms with van der Waals surface area (Å²) >= 11 is 1.88. The number of aliphatic imine (C=N–C) groups is 1. The van der Waals surface area contributed by atoms with Crippen molar-refractivity contribution in [2.75, 3.05) is 5.75 Å². The molecule has 0 spiro atoms. The summed E-state index contributed by atoms with van der Waals surface area (Å²) in [7, 11) is 0. The molecule has 1 saturated heterocycles. The molecule has 2 nitrogen and oxygen atoms in total. The molecule has 2 rings (SSSR count). The van der Waals surface area contributed by atoms with Crippen molar-refractivity contribution in [3.63, 3.8) is 0 Å². The summed E-state index contributed by atoms with van der Waals surface area (Å²) in [5, 5.41) is 4.68. The predicted molar refractivity (Wildman–Crippen MR) is 54.7 cm³/mol. The smallest absolute Gasteiger partial charge is 0.157 e. The molecule has 2 fully saturated rings. The van der Waals surface area contributed by atoms with Gasteiger partial charge in [-0.05, 0) is 26.2 Å². The van der Waals surface area contributed by atoms with Crippen molar-refractivity contribution in [2.45, 2.75) is 44.7 Å². The van der Waals surface area contributed by atoms with E-state index in [-0.39, 0.29) is 0 Å². The lowest BCUT2D eigenvalue weighted by atomic mass is 10.0. The fourth-order valence-electron chi connectivity index (χ4n) is 1.19. The topological polar surface area (TPSA) is 24.4 Å². The molecule has 3 heteroatoms. The highest BCUT2D eigenvalue weighted by Gasteiger charge is 2.32. The van der Waals surface area contributed by atoms with Crippen LogP contribution in [0.15, 0.2) is 4.99 Å². The van der Waals surface area contributed by atoms with E-state index in [4.69, 9.17) is 0 Å². The maximum absolute atomic E-state index is 4.60. The number of rotatable bonds is 2. The first-order valence-corrected chi connectivity index (χ1v) is 5.69. The summed E-state index contributed by atoms with van der Waals surface area (Å²) in [6, 6.07) is 0.652. The SMILES string of the molecule is CCC1(C)CSC(=NC2CC2)N1. The van der Waals surface area contributed by atoms with E-state index in [1.54, 1.807) is 0 Å². The molecule has 1 atom stereocenters. The molecule has 1 saturated carbocycles. The molecule has 0 bridgehead atoms. The van der Waals surface area contributed by atoms with Crippen LogP contribution in [0, 0.1) is 0 Å². The Morgan fingerprint density at radius 2 is 2.42 bits per heavy atom. The molecule has 1 aliphatic heterocycles. The Labute approximate surface area is 78.2 Å². The Balaban J connectivity index is 1.96. The lowest BCUT2D eigenvalue weighted by molar-refractivity contribution is 0.466. The number of hydrogen-bond donors (Lipinski definition) is 1. The lowest BCUT2D eigenvalue weighted by Gasteiger charge is -2.20. The van der Waals surface area contributed by atoms with Crippen molar-refractivity contribution < 1.29 is 0 Å². The van der Waals surface area contributed by atoms with Crippen LogP contribution < -0.4 is 5.32 Å². The van der Waals surface area contributed by atoms with Gasteiger partial charge in [0.15, 0.2) is 5.17 Å². The molecule has 1 heterocycles. The molecule has 1 N–H and O–H groups in total. The summed E-state index contributed by atoms with van der Waals surface area (Å²) < 4.78 is 0. The summed E-state index contributed by atoms with van der Waals surface area (Å²) in [6.07, 6.45) is 3.78. The molecule has 0 aromatic rings. The van der Waals surface area contributed by atoms with Gasteiger partial charge in [-0.25, -0.2) is 0 Å². The number of nitrogens with one attached hydrogen (secondary N) is 1. The zero-order valence-electron chi connectivity index (χ0n) is 7.76. The van der Waals surface area contributed by atoms with E-state index in [0.717, 1.165) is 0 Å². The molecular weight excluding hydrogens is 168 g/mol. The Bertz CT molecular complexity index is 211. The van der Waals surface area contributed by atoms with Crippen LogP contribution in [0.5, 0.6) is 0 Å². The fraction of sp³-hybridized carbons (Fsp3) is 0.889. The van der Waals surface area contributed by atoms with Crippen LogP contribution in [0.4, 0.5) is 0 Å². The molecule has 1 aliphatic carbocycles. The van der Waals surface area contributed by atoms with Gasteiger partial charge in [-0.1, -0.05) is 18.7 Å². The van der Waals surface area contributed by atoms with Gasteiger partial charge < -0.3 is 5.32 Å². The number of amidine groups is 1. The van der Waals surface area contributed by atoms with Gasteiger partial charge in [-0.2, -0.15) is 0 Å². The third-order valence-corrected chi connectivity index (χ3v) is 3.83. The van der Waals surface area contributed by atoms with Crippen molar-refractivity contribution in [3.8, 4) is 0 Å². The van der Waals surface area contributed by atoms with Gasteiger partial charge in [0.25, 0.3) is 0 Å². The summed E-state index contributed by atoms with van der Waals surface area (Å²) in [4.78, 5) is 4.60. The molecule has 2 aliphatic rings. The third kappa shape index (κ3) is 1.76. The van der Waals surface area contributed by atoms with E-state index < -0.39 is 0 Å². The standard InChI is InChI=1S/C9H16N2S/c1-3-9(2)6-12-8(11-9)10-7-4-5-7/h7H,3-6H2,1-2H3,(H,10,11). The van der Waals surface area contributed by atoms with E-state index in [1.165, 1.54) is 30.2 Å². The van der Waals surface area contributed by atoms with Crippen LogP contribution in [0.25, 0.3) is 0 Å². The first-order chi connectivity index (χ1) is 5.72. The van der Waals surface area contributed by atoms with Crippen LogP contribution in [-0.4, -0.2) is 22.5 Å². The van der Waals surface area contributed by atoms with Gasteiger partial charge in [0.05, 0.1) is 6.04 Å². The Morgan fingerprint density at radius 3 is 2.92 bits per heavy atom. The molecular formula is C9H16N2S. The zero-order valence-corrected chi connectivity index (χ0v) is 8.58. The van der Waals surface area contributed by atoms with E-state index in [1.807, 2.05) is 11.8 Å². The van der Waals surface area contributed by atoms with Crippen molar-refractivity contribution in [1.82, 2.24) is 5.32 Å². The van der Waals surface area contributed by atoms with Crippen molar-refractivity contribution in [1.29, 1.82) is 0 Å². The van der Waals surface area contributed by atoms with Gasteiger partial charge >= 0.3 is 0 Å². The first kappa shape index (κ1) is 8.42. The highest BCUT2D eigenvalue weighted by Crippen LogP contribution is 2.30. The minimum Gasteiger partial charge on any atom is -0.359 e. The number of hydrogen-bond acceptors (Lipinski definition) is 2. The second kappa shape index (κ2) is 2.95. The summed E-state index contributed by atoms with van der Waals surface area (Å²) in [6.45, 7) is 4.50. The predicted octanol–water partition coefficient (Wildman–Crippen LogP) is 2.01. The van der Waals surface area contributed by atoms with Gasteiger partial charge in [0.2, 0.25) is 0 Å². The minimum atomic E-state index is 0.304. The van der Waals surface area contributed by atoms with Crippen LogP contribution in [0.2, 0.25) is 0 Å². The molecule has 0 aromatic carbocycles. The van der Waals surface area contributed by atoms with E-state index in [9.17, 15) is 0 Å². The Morgan fingerprint density at radius 1 is 1.67 bits per heavy atom. The highest BCUT2D eigenvalue weighted by atomic mass is 32.2. The molecule has 0 amide bonds. The number of nitrogens with zero attached hydrogens (tertiary/aromatic N) is 1. The van der Waals surface area contributed by atoms with Crippen molar-refractivity contribution in [3.05, 3.63) is 0 Å². The van der Waals surface area contributed by atoms with Crippen molar-refractivity contribution >= 4 is 16.9 Å². The maximum atomic E-state index is 4.60. The average Bonchev–Trinajstić information content (AvgIpc) is 2.77. The molecule has 1 unspecified atom stereocenters. The second-order valence-electron chi connectivity index (χ2n) is 3.99. The monoisotopic (exact) mass is 184 g/mol. The van der Waals surface area contributed by atoms with Gasteiger partial charge in [0, 0.05) is 11.3 Å². The summed E-state index contributed by atoms with van der Waals surface area (Å²) in [5.74, 6) is 1.18. The van der Waals surface area contributed by atoms with E-state index >= 15 is 0 Å². The largest absolute Gasteiger partial charge is 0.359 e. The van der Waals surface area contributed by atoms with Crippen molar-refractivity contribution in [2.24, 2.45) is 4.99 Å². The van der Waals surface area contributed by atoms with Crippen LogP contribution in [0.3, 0.4) is 0 Å². The molecule has 0 aromatic heterocycles. The first-order valence-electron chi connectivity index (χ1n) is 4.71. The summed E-state index contributed by atoms with van der Waals surface area (Å²) in [5.41, 5.74) is 0.304. The minimum absolute atomic E-state index is 0.304. The van der Waals surface area contributed by atoms with E-state index in [2.05, 4.69) is 24.2 Å². The van der Waals surface area contributed by atoms with Gasteiger partial charge in [0.1, 0.15) is 0 Å². The lowest BCUT2D eigenvalue weighted by Crippen LogP contribution is -2.39. The molecule has 68 valence electrons. The fourth-order valence-corrected chi connectivity index (χ4v) is 2.46. The third-order valence-electron chi connectivity index (χ3n) is 2.56. The average molecular weight is 184 g/mol. The Hall–Kier alpha value is -0.180. The zero-order chi connectivity index (χ0) is 8.60. The molecule has 12 heavy (non-hydrogen) atoms. The van der Waals surface area contributed by atoms with Gasteiger partial charge in [-0.15, -0.1) is 0 Å². The van der Waals surface area contributed by atoms with Crippen LogP contribution >= 0.6 is 11.8 Å². The van der Waals surface area contributed by atoms with Crippen LogP contribution in [-0.2, 0) is 0 Å². The maximum Gasteiger partial charge on any atom is 0.157 e. The molecule has 0 radical (unpaired) electrons. The second-order valence-corrected chi connectivity index (χ2v) is 4.96. The quantitative estimate of drug-likeness (QED) is 0.710. The Kier molecular flexibility index (Phi) is 2.07. The van der Waals surface area contributed by atoms with Crippen LogP contribution in [0.1, 0.15) is 33.1 Å². The highest BCUT2D eigenvalue weighted by molar-refractivity contribution is 8.14. The van der Waals surface area contributed by atoms with Gasteiger partial charge in [-0.3, -0.25) is 4.99 Å².